The highest BCUT2D eigenvalue weighted by molar-refractivity contribution is 5.05. The molecule has 0 aliphatic carbocycles. The number of nitrogens with zero attached hydrogens (tertiary/aromatic N) is 2. The predicted molar refractivity (Wildman–Crippen MR) is 144 cm³/mol. The summed E-state index contributed by atoms with van der Waals surface area (Å²) in [7, 11) is 0. The summed E-state index contributed by atoms with van der Waals surface area (Å²) in [5.41, 5.74) is 4.87. The van der Waals surface area contributed by atoms with Crippen LogP contribution in [0, 0.1) is 6.92 Å². The van der Waals surface area contributed by atoms with Crippen molar-refractivity contribution in [3.63, 3.8) is 0 Å². The molecule has 2 rings (SSSR count). The fourth-order valence-electron chi connectivity index (χ4n) is 4.40. The molecule has 0 amide bonds. The number of rotatable bonds is 17. The third-order valence-corrected chi connectivity index (χ3v) is 6.81. The average molecular weight is 540 g/mol. The summed E-state index contributed by atoms with van der Waals surface area (Å²) in [6, 6.07) is -0.646. The molecule has 0 aromatic carbocycles. The third kappa shape index (κ3) is 9.26. The minimum Gasteiger partial charge on any atom is -0.395 e. The van der Waals surface area contributed by atoms with Gasteiger partial charge in [-0.25, -0.2) is 4.79 Å². The van der Waals surface area contributed by atoms with Gasteiger partial charge >= 0.3 is 5.69 Å². The fourth-order valence-corrected chi connectivity index (χ4v) is 4.40. The molecule has 1 aromatic heterocycles. The summed E-state index contributed by atoms with van der Waals surface area (Å²) in [6.45, 7) is 1.10. The molecular formula is C27H45N3O8. The van der Waals surface area contributed by atoms with Gasteiger partial charge in [-0.15, -0.1) is 0 Å². The lowest BCUT2D eigenvalue weighted by Crippen LogP contribution is -2.44. The van der Waals surface area contributed by atoms with Crippen molar-refractivity contribution in [3.05, 3.63) is 56.9 Å². The van der Waals surface area contributed by atoms with Crippen molar-refractivity contribution in [2.45, 2.75) is 108 Å². The highest BCUT2D eigenvalue weighted by Gasteiger charge is 2.44. The SMILES string of the molecule is Cc1cn([C@@H]2O[C@H](CO)[C@@H](O)[C@H]2O)c(=O)n(CCCCCCCC/C=C/CC/C=C/C(O)C(N)CO)c1=O. The lowest BCUT2D eigenvalue weighted by atomic mass is 10.1. The van der Waals surface area contributed by atoms with Gasteiger partial charge in [-0.3, -0.25) is 13.9 Å². The zero-order valence-electron chi connectivity index (χ0n) is 22.3. The van der Waals surface area contributed by atoms with Crippen LogP contribution in [0.3, 0.4) is 0 Å². The van der Waals surface area contributed by atoms with Crippen molar-refractivity contribution in [3.8, 4) is 0 Å². The Morgan fingerprint density at radius 2 is 1.61 bits per heavy atom. The molecule has 2 heterocycles. The maximum Gasteiger partial charge on any atom is 0.333 e. The Morgan fingerprint density at radius 3 is 2.26 bits per heavy atom. The Bertz CT molecular complexity index is 1010. The van der Waals surface area contributed by atoms with Crippen LogP contribution in [0.4, 0.5) is 0 Å². The molecule has 2 unspecified atom stereocenters. The average Bonchev–Trinajstić information content (AvgIpc) is 3.20. The molecule has 38 heavy (non-hydrogen) atoms. The van der Waals surface area contributed by atoms with E-state index in [1.165, 1.54) is 6.20 Å². The van der Waals surface area contributed by atoms with Crippen molar-refractivity contribution in [2.75, 3.05) is 13.2 Å². The molecule has 0 radical (unpaired) electrons. The smallest absolute Gasteiger partial charge is 0.333 e. The molecule has 1 fully saturated rings. The number of allylic oxidation sites excluding steroid dienone is 3. The Labute approximate surface area is 223 Å². The van der Waals surface area contributed by atoms with Gasteiger partial charge in [0.15, 0.2) is 6.23 Å². The lowest BCUT2D eigenvalue weighted by Gasteiger charge is -2.19. The van der Waals surface area contributed by atoms with E-state index in [0.717, 1.165) is 60.5 Å². The predicted octanol–water partition coefficient (Wildman–Crippen LogP) is 0.234. The number of aryl methyl sites for hydroxylation is 1. The van der Waals surface area contributed by atoms with E-state index in [1.807, 2.05) is 6.08 Å². The van der Waals surface area contributed by atoms with E-state index in [1.54, 1.807) is 13.0 Å². The summed E-state index contributed by atoms with van der Waals surface area (Å²) < 4.78 is 7.73. The fraction of sp³-hybridized carbons (Fsp3) is 0.704. The molecule has 1 saturated heterocycles. The number of ether oxygens (including phenoxy) is 1. The van der Waals surface area contributed by atoms with E-state index in [-0.39, 0.29) is 18.7 Å². The van der Waals surface area contributed by atoms with Crippen molar-refractivity contribution < 1.29 is 30.3 Å². The summed E-state index contributed by atoms with van der Waals surface area (Å²) in [6.07, 6.45) is 11.9. The second-order valence-electron chi connectivity index (χ2n) is 9.91. The van der Waals surface area contributed by atoms with Gasteiger partial charge in [-0.2, -0.15) is 0 Å². The van der Waals surface area contributed by atoms with Gasteiger partial charge in [0, 0.05) is 18.3 Å². The van der Waals surface area contributed by atoms with Gasteiger partial charge in [0.05, 0.1) is 25.4 Å². The minimum absolute atomic E-state index is 0.249. The first-order chi connectivity index (χ1) is 18.2. The molecule has 216 valence electrons. The van der Waals surface area contributed by atoms with Crippen LogP contribution >= 0.6 is 0 Å². The zero-order valence-corrected chi connectivity index (χ0v) is 22.3. The van der Waals surface area contributed by atoms with Crippen molar-refractivity contribution in [1.29, 1.82) is 0 Å². The topological polar surface area (TPSA) is 180 Å². The monoisotopic (exact) mass is 539 g/mol. The van der Waals surface area contributed by atoms with Gasteiger partial charge in [0.2, 0.25) is 0 Å². The molecule has 6 atom stereocenters. The first-order valence-corrected chi connectivity index (χ1v) is 13.5. The van der Waals surface area contributed by atoms with E-state index in [2.05, 4.69) is 12.2 Å². The maximum atomic E-state index is 13.0. The quantitative estimate of drug-likeness (QED) is 0.119. The number of hydrogen-bond acceptors (Lipinski definition) is 9. The molecule has 0 saturated carbocycles. The normalized spacial score (nSPS) is 23.6. The molecule has 11 nitrogen and oxygen atoms in total. The largest absolute Gasteiger partial charge is 0.395 e. The van der Waals surface area contributed by atoms with Crippen molar-refractivity contribution >= 4 is 0 Å². The highest BCUT2D eigenvalue weighted by atomic mass is 16.6. The van der Waals surface area contributed by atoms with Crippen molar-refractivity contribution in [2.24, 2.45) is 5.73 Å². The van der Waals surface area contributed by atoms with Crippen LogP contribution in [0.2, 0.25) is 0 Å². The number of nitrogens with two attached hydrogens (primary N) is 1. The molecule has 1 aromatic rings. The van der Waals surface area contributed by atoms with Gasteiger partial charge in [0.25, 0.3) is 5.56 Å². The van der Waals surface area contributed by atoms with Crippen LogP contribution in [0.25, 0.3) is 0 Å². The summed E-state index contributed by atoms with van der Waals surface area (Å²) in [5.74, 6) is 0. The van der Waals surface area contributed by atoms with E-state index < -0.39 is 49.0 Å². The minimum atomic E-state index is -1.39. The van der Waals surface area contributed by atoms with Crippen LogP contribution < -0.4 is 17.0 Å². The zero-order chi connectivity index (χ0) is 28.1. The number of aliphatic hydroxyl groups excluding tert-OH is 5. The van der Waals surface area contributed by atoms with Crippen LogP contribution in [0.5, 0.6) is 0 Å². The second kappa shape index (κ2) is 16.8. The molecule has 1 aliphatic rings. The van der Waals surface area contributed by atoms with Crippen LogP contribution in [-0.4, -0.2) is 78.3 Å². The Hall–Kier alpha value is -2.12. The maximum absolute atomic E-state index is 13.0. The number of aromatic nitrogens is 2. The second-order valence-corrected chi connectivity index (χ2v) is 9.91. The van der Waals surface area contributed by atoms with Gasteiger partial charge in [-0.1, -0.05) is 50.0 Å². The number of unbranched alkanes of at least 4 members (excludes halogenated alkanes) is 7. The van der Waals surface area contributed by atoms with E-state index >= 15 is 0 Å². The summed E-state index contributed by atoms with van der Waals surface area (Å²) in [4.78, 5) is 25.5. The van der Waals surface area contributed by atoms with E-state index in [9.17, 15) is 30.0 Å². The van der Waals surface area contributed by atoms with Gasteiger partial charge in [-0.05, 0) is 39.0 Å². The Balaban J connectivity index is 1.67. The third-order valence-electron chi connectivity index (χ3n) is 6.81. The number of hydrogen-bond donors (Lipinski definition) is 6. The van der Waals surface area contributed by atoms with Gasteiger partial charge < -0.3 is 36.0 Å². The highest BCUT2D eigenvalue weighted by Crippen LogP contribution is 2.28. The van der Waals surface area contributed by atoms with Gasteiger partial charge in [0.1, 0.15) is 18.3 Å². The standard InChI is InChI=1S/C27H45N3O8/c1-19-16-30(26-24(35)23(34)22(18-32)38-26)27(37)29(25(19)36)15-13-11-9-7-5-3-2-4-6-8-10-12-14-21(33)20(28)17-31/h4,6,12,14,16,20-24,26,31-35H,2-3,5,7-11,13,15,17-18,28H2,1H3/b6-4+,14-12+/t20?,21?,22-,23-,24-,26-/m1/s1. The van der Waals surface area contributed by atoms with E-state index in [0.29, 0.717) is 12.0 Å². The van der Waals surface area contributed by atoms with Crippen LogP contribution in [0.1, 0.15) is 69.6 Å². The van der Waals surface area contributed by atoms with E-state index in [4.69, 9.17) is 15.6 Å². The molecule has 0 bridgehead atoms. The summed E-state index contributed by atoms with van der Waals surface area (Å²) >= 11 is 0. The van der Waals surface area contributed by atoms with Crippen LogP contribution in [0.15, 0.2) is 40.1 Å². The molecule has 1 aliphatic heterocycles. The summed E-state index contributed by atoms with van der Waals surface area (Å²) in [5, 5.41) is 48.1. The first kappa shape index (κ1) is 32.1. The first-order valence-electron chi connectivity index (χ1n) is 13.5. The molecule has 0 spiro atoms. The molecule has 11 heteroatoms. The lowest BCUT2D eigenvalue weighted by molar-refractivity contribution is -0.0557. The molecular weight excluding hydrogens is 494 g/mol. The van der Waals surface area contributed by atoms with Crippen LogP contribution in [-0.2, 0) is 11.3 Å². The number of aliphatic hydroxyl groups is 5. The molecule has 7 N–H and O–H groups in total. The Kier molecular flexibility index (Phi) is 14.2. The Morgan fingerprint density at radius 1 is 0.974 bits per heavy atom. The van der Waals surface area contributed by atoms with Crippen molar-refractivity contribution in [1.82, 2.24) is 9.13 Å².